The highest BCUT2D eigenvalue weighted by Gasteiger charge is 2.51. The number of aliphatic hydroxyl groups excluding tert-OH is 4. The first-order valence-corrected chi connectivity index (χ1v) is 22.1. The van der Waals surface area contributed by atoms with E-state index < -0.39 is 92.2 Å². The molecule has 0 amide bonds. The summed E-state index contributed by atoms with van der Waals surface area (Å²) in [5.74, 6) is 0. The molecule has 14 N–H and O–H groups in total. The van der Waals surface area contributed by atoms with E-state index >= 15 is 0 Å². The molecule has 3 saturated heterocycles. The van der Waals surface area contributed by atoms with Crippen LogP contribution in [0.1, 0.15) is 69.8 Å². The van der Waals surface area contributed by atoms with Gasteiger partial charge >= 0.3 is 0 Å². The lowest BCUT2D eigenvalue weighted by molar-refractivity contribution is -0.318. The minimum atomic E-state index is -1.40. The molecular weight excluding hydrogens is 759 g/mol. The standard InChI is InChI=1S/C43H73N7O9/c44-24-34-33(52)23-32(47)42(56-34)58-39-30(45)22-31(46)40(59-43-38(54)36(48)37(53)35(26-51)57-43)41(39)55-21-10-6-4-2-1-3-5-9-16-49-17-19-50(20-18-49)25-28-14-11-13-27-12-7-8-15-29(27)28/h7-8,11-15,30-43,51-54H,1-6,9-10,16-26,44-48H2/t30-,31+,32+,33-,34+,35+,36-,37+,38+,39+,40-,41-,42+,43+/m0/s1. The third kappa shape index (κ3) is 12.4. The molecule has 2 aromatic carbocycles. The zero-order valence-corrected chi connectivity index (χ0v) is 34.7. The molecule has 6 rings (SSSR count). The molecule has 2 aromatic rings. The lowest BCUT2D eigenvalue weighted by atomic mass is 9.84. The van der Waals surface area contributed by atoms with Crippen LogP contribution in [0.3, 0.4) is 0 Å². The second-order valence-corrected chi connectivity index (χ2v) is 17.2. The number of benzene rings is 2. The van der Waals surface area contributed by atoms with Crippen molar-refractivity contribution in [1.29, 1.82) is 0 Å². The zero-order chi connectivity index (χ0) is 41.9. The van der Waals surface area contributed by atoms with Crippen LogP contribution < -0.4 is 28.7 Å². The van der Waals surface area contributed by atoms with Gasteiger partial charge in [0.05, 0.1) is 30.9 Å². The van der Waals surface area contributed by atoms with Gasteiger partial charge in [0.2, 0.25) is 0 Å². The highest BCUT2D eigenvalue weighted by Crippen LogP contribution is 2.33. The van der Waals surface area contributed by atoms with Gasteiger partial charge in [-0.2, -0.15) is 0 Å². The first-order chi connectivity index (χ1) is 28.6. The molecule has 0 spiro atoms. The van der Waals surface area contributed by atoms with Gasteiger partial charge in [-0.3, -0.25) is 4.90 Å². The van der Waals surface area contributed by atoms with Gasteiger partial charge in [-0.25, -0.2) is 0 Å². The third-order valence-electron chi connectivity index (χ3n) is 12.8. The Morgan fingerprint density at radius 1 is 0.644 bits per heavy atom. The summed E-state index contributed by atoms with van der Waals surface area (Å²) in [4.78, 5) is 5.20. The molecule has 4 fully saturated rings. The van der Waals surface area contributed by atoms with Gasteiger partial charge in [0.1, 0.15) is 36.6 Å². The summed E-state index contributed by atoms with van der Waals surface area (Å²) < 4.78 is 30.9. The van der Waals surface area contributed by atoms with Crippen LogP contribution in [0, 0.1) is 0 Å². The van der Waals surface area contributed by atoms with E-state index in [9.17, 15) is 20.4 Å². The normalized spacial score (nSPS) is 36.3. The Balaban J connectivity index is 0.913. The van der Waals surface area contributed by atoms with Crippen molar-refractivity contribution in [3.8, 4) is 0 Å². The van der Waals surface area contributed by atoms with E-state index in [2.05, 4.69) is 52.3 Å². The molecule has 59 heavy (non-hydrogen) atoms. The van der Waals surface area contributed by atoms with Crippen LogP contribution in [0.2, 0.25) is 0 Å². The van der Waals surface area contributed by atoms with Gasteiger partial charge in [0.15, 0.2) is 12.6 Å². The number of hydrogen-bond donors (Lipinski definition) is 9. The van der Waals surface area contributed by atoms with Crippen molar-refractivity contribution in [2.45, 2.75) is 156 Å². The fourth-order valence-electron chi connectivity index (χ4n) is 9.15. The van der Waals surface area contributed by atoms with Crippen LogP contribution in [0.5, 0.6) is 0 Å². The first kappa shape index (κ1) is 46.6. The van der Waals surface area contributed by atoms with Crippen molar-refractivity contribution >= 4 is 10.8 Å². The van der Waals surface area contributed by atoms with E-state index in [-0.39, 0.29) is 19.4 Å². The summed E-state index contributed by atoms with van der Waals surface area (Å²) in [6.45, 7) is 6.61. The molecule has 0 unspecified atom stereocenters. The predicted octanol–water partition coefficient (Wildman–Crippen LogP) is -0.180. The highest BCUT2D eigenvalue weighted by atomic mass is 16.7. The highest BCUT2D eigenvalue weighted by molar-refractivity contribution is 5.85. The van der Waals surface area contributed by atoms with Gasteiger partial charge in [-0.1, -0.05) is 81.0 Å². The summed E-state index contributed by atoms with van der Waals surface area (Å²) in [6, 6.07) is 12.3. The molecule has 3 heterocycles. The van der Waals surface area contributed by atoms with Gasteiger partial charge in [0.25, 0.3) is 0 Å². The number of rotatable bonds is 20. The Bertz CT molecular complexity index is 1520. The molecule has 4 aliphatic rings. The Labute approximate surface area is 349 Å². The maximum atomic E-state index is 10.9. The van der Waals surface area contributed by atoms with E-state index in [4.69, 9.17) is 52.4 Å². The molecule has 16 heteroatoms. The monoisotopic (exact) mass is 832 g/mol. The minimum absolute atomic E-state index is 0.0851. The van der Waals surface area contributed by atoms with Crippen molar-refractivity contribution < 1.29 is 44.1 Å². The van der Waals surface area contributed by atoms with Crippen molar-refractivity contribution in [1.82, 2.24) is 9.80 Å². The molecule has 14 atom stereocenters. The second kappa shape index (κ2) is 22.9. The quantitative estimate of drug-likeness (QED) is 0.0784. The molecule has 3 aliphatic heterocycles. The maximum Gasteiger partial charge on any atom is 0.186 e. The van der Waals surface area contributed by atoms with E-state index in [1.54, 1.807) is 0 Å². The molecule has 16 nitrogen and oxygen atoms in total. The van der Waals surface area contributed by atoms with E-state index in [1.807, 2.05) is 0 Å². The Morgan fingerprint density at radius 3 is 1.95 bits per heavy atom. The summed E-state index contributed by atoms with van der Waals surface area (Å²) in [6.07, 6.45) is -0.480. The van der Waals surface area contributed by atoms with Crippen molar-refractivity contribution in [2.24, 2.45) is 28.7 Å². The fraction of sp³-hybridized carbons (Fsp3) is 0.767. The summed E-state index contributed by atoms with van der Waals surface area (Å²) in [7, 11) is 0. The average molecular weight is 832 g/mol. The van der Waals surface area contributed by atoms with Gasteiger partial charge in [0, 0.05) is 58.0 Å². The predicted molar refractivity (Wildman–Crippen MR) is 225 cm³/mol. The SMILES string of the molecule is NC[C@H]1O[C@H](O[C@H]2[C@H](OCCCCCCCCCCN3CCN(Cc4cccc5ccccc45)CC3)[C@@H](O[C@H]3O[C@H](CO)[C@@H](O)[C@H](N)[C@H]3O)[C@H](N)C[C@@H]2N)[C@H](N)C[C@@H]1O. The molecule has 0 radical (unpaired) electrons. The molecule has 0 bridgehead atoms. The van der Waals surface area contributed by atoms with Crippen molar-refractivity contribution in [3.63, 3.8) is 0 Å². The Morgan fingerprint density at radius 2 is 1.25 bits per heavy atom. The smallest absolute Gasteiger partial charge is 0.186 e. The third-order valence-corrected chi connectivity index (χ3v) is 12.8. The van der Waals surface area contributed by atoms with Crippen LogP contribution in [0.15, 0.2) is 42.5 Å². The molecule has 1 saturated carbocycles. The average Bonchev–Trinajstić information content (AvgIpc) is 3.23. The largest absolute Gasteiger partial charge is 0.394 e. The number of nitrogens with zero attached hydrogens (tertiary/aromatic N) is 2. The topological polar surface area (TPSA) is 264 Å². The summed E-state index contributed by atoms with van der Waals surface area (Å²) in [5, 5.41) is 44.1. The fourth-order valence-corrected chi connectivity index (χ4v) is 9.15. The number of unbranched alkanes of at least 4 members (excludes halogenated alkanes) is 7. The van der Waals surface area contributed by atoms with Crippen molar-refractivity contribution in [2.75, 3.05) is 52.5 Å². The van der Waals surface area contributed by atoms with Crippen molar-refractivity contribution in [3.05, 3.63) is 48.0 Å². The summed E-state index contributed by atoms with van der Waals surface area (Å²) >= 11 is 0. The first-order valence-electron chi connectivity index (χ1n) is 22.1. The number of ether oxygens (including phenoxy) is 5. The summed E-state index contributed by atoms with van der Waals surface area (Å²) in [5.41, 5.74) is 33.0. The Kier molecular flexibility index (Phi) is 18.1. The molecule has 1 aliphatic carbocycles. The van der Waals surface area contributed by atoms with Crippen LogP contribution in [-0.4, -0.2) is 168 Å². The van der Waals surface area contributed by atoms with Crippen LogP contribution in [-0.2, 0) is 30.2 Å². The minimum Gasteiger partial charge on any atom is -0.394 e. The number of nitrogens with two attached hydrogens (primary N) is 5. The maximum absolute atomic E-state index is 10.9. The molecule has 0 aromatic heterocycles. The number of piperazine rings is 1. The lowest BCUT2D eigenvalue weighted by Crippen LogP contribution is -2.68. The van der Waals surface area contributed by atoms with Gasteiger partial charge in [-0.05, 0) is 48.6 Å². The van der Waals surface area contributed by atoms with Crippen LogP contribution in [0.25, 0.3) is 10.8 Å². The van der Waals surface area contributed by atoms with E-state index in [0.717, 1.165) is 58.4 Å². The second-order valence-electron chi connectivity index (χ2n) is 17.2. The number of fused-ring (bicyclic) bond motifs is 1. The van der Waals surface area contributed by atoms with Crippen LogP contribution >= 0.6 is 0 Å². The number of aliphatic hydroxyl groups is 4. The molecule has 334 valence electrons. The molecular formula is C43H73N7O9. The number of hydrogen-bond acceptors (Lipinski definition) is 16. The zero-order valence-electron chi connectivity index (χ0n) is 34.7. The van der Waals surface area contributed by atoms with Gasteiger partial charge in [-0.15, -0.1) is 0 Å². The van der Waals surface area contributed by atoms with Gasteiger partial charge < -0.3 is 77.7 Å². The Hall–Kier alpha value is -1.94. The van der Waals surface area contributed by atoms with E-state index in [0.29, 0.717) is 6.61 Å². The lowest BCUT2D eigenvalue weighted by Gasteiger charge is -2.49. The van der Waals surface area contributed by atoms with Crippen LogP contribution in [0.4, 0.5) is 0 Å². The van der Waals surface area contributed by atoms with E-state index in [1.165, 1.54) is 48.6 Å².